The van der Waals surface area contributed by atoms with Crippen molar-refractivity contribution in [3.63, 3.8) is 0 Å². The number of nitrogens with zero attached hydrogens (tertiary/aromatic N) is 1. The van der Waals surface area contributed by atoms with Crippen molar-refractivity contribution in [2.75, 3.05) is 13.1 Å². The van der Waals surface area contributed by atoms with Crippen LogP contribution in [0.4, 0.5) is 8.78 Å². The number of halogens is 2. The van der Waals surface area contributed by atoms with Crippen molar-refractivity contribution in [3.05, 3.63) is 15.8 Å². The lowest BCUT2D eigenvalue weighted by Crippen LogP contribution is -2.29. The van der Waals surface area contributed by atoms with Crippen molar-refractivity contribution in [1.29, 1.82) is 0 Å². The largest absolute Gasteiger partial charge is 0.481 e. The highest BCUT2D eigenvalue weighted by atomic mass is 32.1. The average molecular weight is 319 g/mol. The Morgan fingerprint density at radius 3 is 2.67 bits per heavy atom. The molecule has 0 radical (unpaired) electrons. The molecule has 2 atom stereocenters. The number of hydrogen-bond donors (Lipinski definition) is 1. The van der Waals surface area contributed by atoms with E-state index in [1.54, 1.807) is 13.8 Å². The zero-order chi connectivity index (χ0) is 15.7. The number of aryl methyl sites for hydroxylation is 1. The zero-order valence-corrected chi connectivity index (χ0v) is 12.3. The summed E-state index contributed by atoms with van der Waals surface area (Å²) in [6.07, 6.45) is 0. The fourth-order valence-corrected chi connectivity index (χ4v) is 3.33. The van der Waals surface area contributed by atoms with E-state index < -0.39 is 24.4 Å². The van der Waals surface area contributed by atoms with Crippen LogP contribution in [0.1, 0.15) is 21.5 Å². The lowest BCUT2D eigenvalue weighted by molar-refractivity contribution is -0.142. The zero-order valence-electron chi connectivity index (χ0n) is 11.5. The smallest absolute Gasteiger partial charge is 0.387 e. The summed E-state index contributed by atoms with van der Waals surface area (Å²) < 4.78 is 29.1. The number of hydrogen-bond acceptors (Lipinski definition) is 4. The Balaban J connectivity index is 2.19. The van der Waals surface area contributed by atoms with Gasteiger partial charge in [0.1, 0.15) is 10.6 Å². The molecule has 1 saturated heterocycles. The second-order valence-corrected chi connectivity index (χ2v) is 6.32. The molecule has 21 heavy (non-hydrogen) atoms. The van der Waals surface area contributed by atoms with E-state index in [0.29, 0.717) is 11.4 Å². The van der Waals surface area contributed by atoms with Crippen LogP contribution in [-0.4, -0.2) is 41.6 Å². The van der Waals surface area contributed by atoms with E-state index in [1.807, 2.05) is 0 Å². The third-order valence-electron chi connectivity index (χ3n) is 3.45. The molecule has 1 N–H and O–H groups in total. The number of carboxylic acid groups (broad SMARTS) is 1. The number of likely N-dealkylation sites (tertiary alicyclic amines) is 1. The summed E-state index contributed by atoms with van der Waals surface area (Å²) in [4.78, 5) is 25.6. The van der Waals surface area contributed by atoms with Gasteiger partial charge in [-0.1, -0.05) is 6.92 Å². The van der Waals surface area contributed by atoms with Gasteiger partial charge in [0, 0.05) is 18.0 Å². The van der Waals surface area contributed by atoms with Crippen molar-refractivity contribution >= 4 is 23.2 Å². The molecule has 0 saturated carbocycles. The maximum atomic E-state index is 12.4. The molecule has 0 spiro atoms. The summed E-state index contributed by atoms with van der Waals surface area (Å²) in [6.45, 7) is 0.811. The van der Waals surface area contributed by atoms with E-state index in [2.05, 4.69) is 4.74 Å². The van der Waals surface area contributed by atoms with Crippen LogP contribution in [-0.2, 0) is 4.79 Å². The number of carbonyl (C=O) groups excluding carboxylic acids is 1. The van der Waals surface area contributed by atoms with E-state index in [0.717, 1.165) is 11.3 Å². The molecule has 5 nitrogen and oxygen atoms in total. The fourth-order valence-electron chi connectivity index (χ4n) is 2.42. The van der Waals surface area contributed by atoms with E-state index in [-0.39, 0.29) is 23.1 Å². The van der Waals surface area contributed by atoms with Crippen molar-refractivity contribution in [2.24, 2.45) is 11.8 Å². The number of ether oxygens (including phenoxy) is 1. The Morgan fingerprint density at radius 1 is 1.48 bits per heavy atom. The monoisotopic (exact) mass is 319 g/mol. The lowest BCUT2D eigenvalue weighted by atomic mass is 9.99. The van der Waals surface area contributed by atoms with Gasteiger partial charge < -0.3 is 14.7 Å². The van der Waals surface area contributed by atoms with Gasteiger partial charge in [-0.3, -0.25) is 9.59 Å². The lowest BCUT2D eigenvalue weighted by Gasteiger charge is -2.15. The van der Waals surface area contributed by atoms with Crippen molar-refractivity contribution in [3.8, 4) is 5.75 Å². The maximum Gasteiger partial charge on any atom is 0.387 e. The maximum absolute atomic E-state index is 12.4. The molecule has 8 heteroatoms. The number of amides is 1. The van der Waals surface area contributed by atoms with Crippen LogP contribution in [0.25, 0.3) is 0 Å². The van der Waals surface area contributed by atoms with Crippen molar-refractivity contribution in [2.45, 2.75) is 20.5 Å². The molecule has 0 bridgehead atoms. The molecule has 2 rings (SSSR count). The highest BCUT2D eigenvalue weighted by molar-refractivity contribution is 7.14. The molecule has 1 aromatic heterocycles. The molecule has 1 aliphatic rings. The highest BCUT2D eigenvalue weighted by Gasteiger charge is 2.38. The van der Waals surface area contributed by atoms with E-state index in [4.69, 9.17) is 5.11 Å². The van der Waals surface area contributed by atoms with Gasteiger partial charge in [-0.25, -0.2) is 0 Å². The van der Waals surface area contributed by atoms with Gasteiger partial charge in [0.2, 0.25) is 0 Å². The molecular weight excluding hydrogens is 304 g/mol. The highest BCUT2D eigenvalue weighted by Crippen LogP contribution is 2.33. The first kappa shape index (κ1) is 15.7. The van der Waals surface area contributed by atoms with Gasteiger partial charge in [0.25, 0.3) is 5.91 Å². The first-order chi connectivity index (χ1) is 9.79. The van der Waals surface area contributed by atoms with E-state index in [9.17, 15) is 18.4 Å². The molecule has 2 heterocycles. The first-order valence-corrected chi connectivity index (χ1v) is 7.18. The minimum absolute atomic E-state index is 0.0837. The summed E-state index contributed by atoms with van der Waals surface area (Å²) in [7, 11) is 0. The Morgan fingerprint density at radius 2 is 2.14 bits per heavy atom. The summed E-state index contributed by atoms with van der Waals surface area (Å²) >= 11 is 1.07. The molecule has 1 fully saturated rings. The second-order valence-electron chi connectivity index (χ2n) is 5.06. The molecule has 1 amide bonds. The summed E-state index contributed by atoms with van der Waals surface area (Å²) in [5.41, 5.74) is 0. The molecule has 116 valence electrons. The van der Waals surface area contributed by atoms with Gasteiger partial charge in [-0.15, -0.1) is 11.3 Å². The Bertz CT molecular complexity index is 560. The van der Waals surface area contributed by atoms with Crippen molar-refractivity contribution < 1.29 is 28.2 Å². The summed E-state index contributed by atoms with van der Waals surface area (Å²) in [5, 5.41) is 9.07. The standard InChI is InChI=1S/C13H15F2NO4S/c1-6-4-16(5-8(6)12(18)19)11(17)10-9(20-13(14)15)3-7(2)21-10/h3,6,8,13H,4-5H2,1-2H3,(H,18,19)/t6-,8-/m1/s1. The van der Waals surface area contributed by atoms with Crippen LogP contribution < -0.4 is 4.74 Å². The minimum Gasteiger partial charge on any atom is -0.481 e. The van der Waals surface area contributed by atoms with Crippen LogP contribution in [0.15, 0.2) is 6.07 Å². The topological polar surface area (TPSA) is 66.8 Å². The number of carboxylic acids is 1. The fraction of sp³-hybridized carbons (Fsp3) is 0.538. The normalized spacial score (nSPS) is 21.9. The molecule has 0 unspecified atom stereocenters. The van der Waals surface area contributed by atoms with Gasteiger partial charge in [0.15, 0.2) is 0 Å². The first-order valence-electron chi connectivity index (χ1n) is 6.37. The number of carbonyl (C=O) groups is 2. The van der Waals surface area contributed by atoms with E-state index >= 15 is 0 Å². The molecule has 1 aromatic rings. The van der Waals surface area contributed by atoms with Gasteiger partial charge in [-0.05, 0) is 18.9 Å². The number of rotatable bonds is 4. The van der Waals surface area contributed by atoms with Gasteiger partial charge >= 0.3 is 12.6 Å². The van der Waals surface area contributed by atoms with Gasteiger partial charge in [0.05, 0.1) is 5.92 Å². The Hall–Kier alpha value is -1.70. The number of alkyl halides is 2. The molecule has 0 aliphatic carbocycles. The molecular formula is C13H15F2NO4S. The number of aliphatic carboxylic acids is 1. The average Bonchev–Trinajstić information content (AvgIpc) is 2.91. The Labute approximate surface area is 124 Å². The van der Waals surface area contributed by atoms with Gasteiger partial charge in [-0.2, -0.15) is 8.78 Å². The summed E-state index contributed by atoms with van der Waals surface area (Å²) in [5.74, 6) is -2.37. The van der Waals surface area contributed by atoms with Crippen LogP contribution in [0, 0.1) is 18.8 Å². The van der Waals surface area contributed by atoms with Crippen LogP contribution >= 0.6 is 11.3 Å². The second kappa shape index (κ2) is 5.97. The van der Waals surface area contributed by atoms with Crippen molar-refractivity contribution in [1.82, 2.24) is 4.90 Å². The van der Waals surface area contributed by atoms with Crippen LogP contribution in [0.5, 0.6) is 5.75 Å². The quantitative estimate of drug-likeness (QED) is 0.926. The molecule has 1 aliphatic heterocycles. The minimum atomic E-state index is -3.00. The van der Waals surface area contributed by atoms with E-state index in [1.165, 1.54) is 11.0 Å². The molecule has 0 aromatic carbocycles. The van der Waals surface area contributed by atoms with Crippen LogP contribution in [0.2, 0.25) is 0 Å². The SMILES string of the molecule is Cc1cc(OC(F)F)c(C(=O)N2C[C@@H](C)[C@H](C(=O)O)C2)s1. The Kier molecular flexibility index (Phi) is 4.46. The number of thiophene rings is 1. The van der Waals surface area contributed by atoms with Crippen LogP contribution in [0.3, 0.4) is 0 Å². The third-order valence-corrected chi connectivity index (χ3v) is 4.47. The predicted octanol–water partition coefficient (Wildman–Crippen LogP) is 2.45. The summed E-state index contributed by atoms with van der Waals surface area (Å²) in [6, 6.07) is 1.39. The predicted molar refractivity (Wildman–Crippen MR) is 71.9 cm³/mol. The third kappa shape index (κ3) is 3.31.